The molecule has 1 aromatic carbocycles. The van der Waals surface area contributed by atoms with Crippen molar-refractivity contribution in [3.8, 4) is 0 Å². The van der Waals surface area contributed by atoms with E-state index in [1.807, 2.05) is 32.9 Å². The lowest BCUT2D eigenvalue weighted by molar-refractivity contribution is 0.617. The fraction of sp³-hybridized carbons (Fsp3) is 0.333. The first-order valence-electron chi connectivity index (χ1n) is 6.57. The Morgan fingerprint density at radius 1 is 1.10 bits per heavy atom. The third kappa shape index (κ3) is 4.28. The van der Waals surface area contributed by atoms with E-state index in [1.54, 1.807) is 6.07 Å². The summed E-state index contributed by atoms with van der Waals surface area (Å²) in [5.41, 5.74) is 2.77. The second-order valence-corrected chi connectivity index (χ2v) is 5.65. The van der Waals surface area contributed by atoms with Crippen molar-refractivity contribution in [2.75, 3.05) is 6.54 Å². The topological polar surface area (TPSA) is 37.8 Å². The first-order valence-corrected chi connectivity index (χ1v) is 7.39. The van der Waals surface area contributed by atoms with E-state index in [0.29, 0.717) is 11.7 Å². The van der Waals surface area contributed by atoms with Crippen molar-refractivity contribution in [1.29, 1.82) is 0 Å². The molecule has 0 aliphatic rings. The standard InChI is InChI=1S/C15H18FN3S/c1-4-17-9-12-6-13(16)8-14(7-12)20-15-18-10(2)5-11(3)19-15/h5-8,17H,4,9H2,1-3H3. The molecule has 0 aliphatic carbocycles. The third-order valence-electron chi connectivity index (χ3n) is 2.68. The van der Waals surface area contributed by atoms with Crippen LogP contribution in [0.4, 0.5) is 4.39 Å². The zero-order valence-corrected chi connectivity index (χ0v) is 12.7. The molecule has 3 nitrogen and oxygen atoms in total. The molecule has 1 aromatic heterocycles. The summed E-state index contributed by atoms with van der Waals surface area (Å²) in [4.78, 5) is 9.55. The largest absolute Gasteiger partial charge is 0.313 e. The molecular weight excluding hydrogens is 273 g/mol. The van der Waals surface area contributed by atoms with Crippen LogP contribution >= 0.6 is 11.8 Å². The van der Waals surface area contributed by atoms with Crippen molar-refractivity contribution < 1.29 is 4.39 Å². The SMILES string of the molecule is CCNCc1cc(F)cc(Sc2nc(C)cc(C)n2)c1. The normalized spacial score (nSPS) is 10.8. The molecule has 1 heterocycles. The van der Waals surface area contributed by atoms with Crippen molar-refractivity contribution in [3.05, 3.63) is 47.0 Å². The van der Waals surface area contributed by atoms with Gasteiger partial charge in [0.1, 0.15) is 5.82 Å². The Kier molecular flexibility index (Phi) is 5.09. The lowest BCUT2D eigenvalue weighted by Gasteiger charge is -2.07. The van der Waals surface area contributed by atoms with Gasteiger partial charge in [-0.15, -0.1) is 0 Å². The Morgan fingerprint density at radius 3 is 2.45 bits per heavy atom. The van der Waals surface area contributed by atoms with Gasteiger partial charge in [-0.3, -0.25) is 0 Å². The molecule has 0 aliphatic heterocycles. The number of benzene rings is 1. The maximum absolute atomic E-state index is 13.6. The van der Waals surface area contributed by atoms with Crippen LogP contribution < -0.4 is 5.32 Å². The zero-order chi connectivity index (χ0) is 14.5. The fourth-order valence-electron chi connectivity index (χ4n) is 1.90. The molecule has 0 radical (unpaired) electrons. The van der Waals surface area contributed by atoms with Gasteiger partial charge in [0, 0.05) is 22.8 Å². The fourth-order valence-corrected chi connectivity index (χ4v) is 2.87. The van der Waals surface area contributed by atoms with Gasteiger partial charge in [-0.25, -0.2) is 14.4 Å². The van der Waals surface area contributed by atoms with Gasteiger partial charge in [-0.1, -0.05) is 6.92 Å². The molecular formula is C15H18FN3S. The average Bonchev–Trinajstić information content (AvgIpc) is 2.34. The molecule has 0 saturated heterocycles. The lowest BCUT2D eigenvalue weighted by atomic mass is 10.2. The smallest absolute Gasteiger partial charge is 0.192 e. The Labute approximate surface area is 123 Å². The highest BCUT2D eigenvalue weighted by Crippen LogP contribution is 2.26. The van der Waals surface area contributed by atoms with E-state index in [4.69, 9.17) is 0 Å². The third-order valence-corrected chi connectivity index (χ3v) is 3.52. The number of nitrogens with zero attached hydrogens (tertiary/aromatic N) is 2. The van der Waals surface area contributed by atoms with Gasteiger partial charge in [-0.05, 0) is 62.0 Å². The molecule has 0 atom stereocenters. The summed E-state index contributed by atoms with van der Waals surface area (Å²) in [6, 6.07) is 6.96. The van der Waals surface area contributed by atoms with Crippen LogP contribution in [0.5, 0.6) is 0 Å². The van der Waals surface area contributed by atoms with Crippen LogP contribution in [0.25, 0.3) is 0 Å². The summed E-state index contributed by atoms with van der Waals surface area (Å²) in [6.07, 6.45) is 0. The van der Waals surface area contributed by atoms with Crippen molar-refractivity contribution in [3.63, 3.8) is 0 Å². The molecule has 0 saturated carbocycles. The van der Waals surface area contributed by atoms with E-state index in [1.165, 1.54) is 17.8 Å². The predicted octanol–water partition coefficient (Wildman–Crippen LogP) is 3.49. The van der Waals surface area contributed by atoms with E-state index in [-0.39, 0.29) is 5.82 Å². The van der Waals surface area contributed by atoms with Crippen molar-refractivity contribution in [1.82, 2.24) is 15.3 Å². The minimum absolute atomic E-state index is 0.229. The van der Waals surface area contributed by atoms with E-state index >= 15 is 0 Å². The summed E-state index contributed by atoms with van der Waals surface area (Å²) in [7, 11) is 0. The van der Waals surface area contributed by atoms with E-state index in [9.17, 15) is 4.39 Å². The molecule has 1 N–H and O–H groups in total. The quantitative estimate of drug-likeness (QED) is 0.856. The summed E-state index contributed by atoms with van der Waals surface area (Å²) in [5.74, 6) is -0.229. The van der Waals surface area contributed by atoms with Crippen LogP contribution in [0, 0.1) is 19.7 Å². The van der Waals surface area contributed by atoms with Crippen molar-refractivity contribution >= 4 is 11.8 Å². The number of nitrogens with one attached hydrogen (secondary N) is 1. The van der Waals surface area contributed by atoms with Crippen LogP contribution in [-0.4, -0.2) is 16.5 Å². The number of hydrogen-bond acceptors (Lipinski definition) is 4. The summed E-state index contributed by atoms with van der Waals surface area (Å²) in [5, 5.41) is 3.85. The highest BCUT2D eigenvalue weighted by Gasteiger charge is 2.06. The monoisotopic (exact) mass is 291 g/mol. The molecule has 0 fully saturated rings. The summed E-state index contributed by atoms with van der Waals surface area (Å²) in [6.45, 7) is 7.41. The van der Waals surface area contributed by atoms with Gasteiger partial charge < -0.3 is 5.32 Å². The predicted molar refractivity (Wildman–Crippen MR) is 79.4 cm³/mol. The molecule has 0 bridgehead atoms. The Hall–Kier alpha value is -1.46. The maximum atomic E-state index is 13.6. The average molecular weight is 291 g/mol. The first-order chi connectivity index (χ1) is 9.56. The van der Waals surface area contributed by atoms with Crippen molar-refractivity contribution in [2.24, 2.45) is 0 Å². The van der Waals surface area contributed by atoms with Gasteiger partial charge >= 0.3 is 0 Å². The molecule has 106 valence electrons. The van der Waals surface area contributed by atoms with Gasteiger partial charge in [0.05, 0.1) is 0 Å². The second-order valence-electron chi connectivity index (χ2n) is 4.61. The van der Waals surface area contributed by atoms with Crippen LogP contribution in [0.3, 0.4) is 0 Å². The number of aromatic nitrogens is 2. The number of halogens is 1. The van der Waals surface area contributed by atoms with Crippen molar-refractivity contribution in [2.45, 2.75) is 37.4 Å². The Balaban J connectivity index is 2.21. The zero-order valence-electron chi connectivity index (χ0n) is 11.9. The number of aryl methyl sites for hydroxylation is 2. The van der Waals surface area contributed by atoms with Crippen LogP contribution in [0.1, 0.15) is 23.9 Å². The van der Waals surface area contributed by atoms with Gasteiger partial charge in [-0.2, -0.15) is 0 Å². The summed E-state index contributed by atoms with van der Waals surface area (Å²) >= 11 is 1.39. The number of rotatable bonds is 5. The van der Waals surface area contributed by atoms with E-state index < -0.39 is 0 Å². The van der Waals surface area contributed by atoms with E-state index in [0.717, 1.165) is 28.4 Å². The minimum Gasteiger partial charge on any atom is -0.313 e. The van der Waals surface area contributed by atoms with Gasteiger partial charge in [0.25, 0.3) is 0 Å². The highest BCUT2D eigenvalue weighted by atomic mass is 32.2. The van der Waals surface area contributed by atoms with Crippen LogP contribution in [0.15, 0.2) is 34.3 Å². The summed E-state index contributed by atoms with van der Waals surface area (Å²) < 4.78 is 13.6. The molecule has 20 heavy (non-hydrogen) atoms. The lowest BCUT2D eigenvalue weighted by Crippen LogP contribution is -2.11. The minimum atomic E-state index is -0.229. The molecule has 0 spiro atoms. The Bertz CT molecular complexity index is 581. The van der Waals surface area contributed by atoms with E-state index in [2.05, 4.69) is 15.3 Å². The molecule has 0 amide bonds. The van der Waals surface area contributed by atoms with Crippen LogP contribution in [-0.2, 0) is 6.54 Å². The first kappa shape index (κ1) is 14.9. The molecule has 5 heteroatoms. The van der Waals surface area contributed by atoms with Crippen LogP contribution in [0.2, 0.25) is 0 Å². The molecule has 2 rings (SSSR count). The number of hydrogen-bond donors (Lipinski definition) is 1. The molecule has 0 unspecified atom stereocenters. The highest BCUT2D eigenvalue weighted by molar-refractivity contribution is 7.99. The second kappa shape index (κ2) is 6.81. The van der Waals surface area contributed by atoms with Gasteiger partial charge in [0.2, 0.25) is 0 Å². The Morgan fingerprint density at radius 2 is 1.80 bits per heavy atom. The van der Waals surface area contributed by atoms with Gasteiger partial charge in [0.15, 0.2) is 5.16 Å². The molecule has 2 aromatic rings. The maximum Gasteiger partial charge on any atom is 0.192 e.